The van der Waals surface area contributed by atoms with Gasteiger partial charge >= 0.3 is 5.91 Å². The van der Waals surface area contributed by atoms with Gasteiger partial charge in [-0.25, -0.2) is 4.98 Å². The van der Waals surface area contributed by atoms with Crippen molar-refractivity contribution in [2.24, 2.45) is 0 Å². The molecule has 2 aromatic carbocycles. The van der Waals surface area contributed by atoms with E-state index in [-0.39, 0.29) is 11.3 Å². The Morgan fingerprint density at radius 1 is 1.18 bits per heavy atom. The normalized spacial score (nSPS) is 17.8. The smallest absolute Gasteiger partial charge is 0.301 e. The summed E-state index contributed by atoms with van der Waals surface area (Å²) < 4.78 is 6.24. The number of thiazole rings is 1. The molecule has 3 heterocycles. The minimum absolute atomic E-state index is 0.0118. The van der Waals surface area contributed by atoms with Crippen LogP contribution in [-0.4, -0.2) is 28.9 Å². The molecular formula is C24H17ClN2O4S2. The van der Waals surface area contributed by atoms with Crippen molar-refractivity contribution in [2.75, 3.05) is 12.0 Å². The lowest BCUT2D eigenvalue weighted by molar-refractivity contribution is -0.132. The van der Waals surface area contributed by atoms with Crippen molar-refractivity contribution in [3.63, 3.8) is 0 Å². The molecule has 2 aromatic heterocycles. The van der Waals surface area contributed by atoms with Crippen LogP contribution in [0, 0.1) is 6.92 Å². The van der Waals surface area contributed by atoms with Crippen LogP contribution in [0.3, 0.4) is 0 Å². The molecule has 4 aromatic rings. The second kappa shape index (κ2) is 8.30. The summed E-state index contributed by atoms with van der Waals surface area (Å²) in [6, 6.07) is 13.2. The molecule has 1 aliphatic rings. The molecule has 33 heavy (non-hydrogen) atoms. The van der Waals surface area contributed by atoms with Gasteiger partial charge in [0.25, 0.3) is 5.78 Å². The molecule has 0 bridgehead atoms. The second-order valence-corrected chi connectivity index (χ2v) is 9.91. The highest BCUT2D eigenvalue weighted by atomic mass is 35.5. The lowest BCUT2D eigenvalue weighted by Crippen LogP contribution is -2.28. The Morgan fingerprint density at radius 3 is 2.70 bits per heavy atom. The van der Waals surface area contributed by atoms with Gasteiger partial charge in [0.05, 0.1) is 22.9 Å². The summed E-state index contributed by atoms with van der Waals surface area (Å²) in [6.45, 7) is 1.92. The maximum absolute atomic E-state index is 13.2. The molecule has 5 rings (SSSR count). The summed E-state index contributed by atoms with van der Waals surface area (Å²) in [5, 5.41) is 13.8. The number of rotatable bonds is 4. The van der Waals surface area contributed by atoms with E-state index in [1.807, 2.05) is 36.6 Å². The maximum Gasteiger partial charge on any atom is 0.301 e. The monoisotopic (exact) mass is 496 g/mol. The molecule has 6 nitrogen and oxygen atoms in total. The molecule has 1 N–H and O–H groups in total. The molecule has 1 atom stereocenters. The lowest BCUT2D eigenvalue weighted by Gasteiger charge is -2.21. The highest BCUT2D eigenvalue weighted by Gasteiger charge is 2.48. The number of aromatic nitrogens is 1. The zero-order valence-electron chi connectivity index (χ0n) is 17.5. The van der Waals surface area contributed by atoms with Gasteiger partial charge in [0.15, 0.2) is 5.13 Å². The molecule has 1 amide bonds. The number of halogens is 1. The van der Waals surface area contributed by atoms with Gasteiger partial charge in [0.1, 0.15) is 17.6 Å². The first-order valence-corrected chi connectivity index (χ1v) is 12.0. The number of benzene rings is 2. The van der Waals surface area contributed by atoms with Gasteiger partial charge in [0.2, 0.25) is 0 Å². The fraction of sp³-hybridized carbons (Fsp3) is 0.125. The molecule has 0 radical (unpaired) electrons. The number of nitrogens with zero attached hydrogens (tertiary/aromatic N) is 2. The number of aryl methyl sites for hydroxylation is 1. The predicted octanol–water partition coefficient (Wildman–Crippen LogP) is 5.95. The predicted molar refractivity (Wildman–Crippen MR) is 131 cm³/mol. The van der Waals surface area contributed by atoms with E-state index in [0.717, 1.165) is 20.9 Å². The zero-order chi connectivity index (χ0) is 23.3. The van der Waals surface area contributed by atoms with Gasteiger partial charge in [-0.2, -0.15) is 0 Å². The van der Waals surface area contributed by atoms with Gasteiger partial charge in [0, 0.05) is 15.5 Å². The maximum atomic E-state index is 13.2. The Hall–Kier alpha value is -3.20. The Labute approximate surface area is 202 Å². The Morgan fingerprint density at radius 2 is 2.00 bits per heavy atom. The molecule has 1 saturated heterocycles. The summed E-state index contributed by atoms with van der Waals surface area (Å²) in [7, 11) is 1.60. The number of methoxy groups -OCH3 is 1. The lowest BCUT2D eigenvalue weighted by atomic mass is 10.00. The number of fused-ring (bicyclic) bond motifs is 1. The van der Waals surface area contributed by atoms with E-state index in [1.54, 1.807) is 31.4 Å². The number of carbonyl (C=O) groups is 2. The first-order valence-electron chi connectivity index (χ1n) is 9.94. The number of hydrogen-bond donors (Lipinski definition) is 1. The number of ketones is 1. The summed E-state index contributed by atoms with van der Waals surface area (Å²) in [6.07, 6.45) is 0. The number of aliphatic hydroxyl groups is 1. The molecule has 1 aliphatic heterocycles. The first-order chi connectivity index (χ1) is 15.9. The van der Waals surface area contributed by atoms with E-state index in [9.17, 15) is 14.7 Å². The third-order valence-corrected chi connectivity index (χ3v) is 7.63. The van der Waals surface area contributed by atoms with Crippen molar-refractivity contribution in [2.45, 2.75) is 13.0 Å². The van der Waals surface area contributed by atoms with Crippen molar-refractivity contribution in [1.29, 1.82) is 0 Å². The van der Waals surface area contributed by atoms with Crippen LogP contribution in [0.5, 0.6) is 5.75 Å². The number of Topliss-reactive ketones (excluding diaryl/α,β-unsaturated/α-hetero) is 1. The van der Waals surface area contributed by atoms with E-state index >= 15 is 0 Å². The van der Waals surface area contributed by atoms with Crippen molar-refractivity contribution >= 4 is 67.1 Å². The number of ether oxygens (including phenoxy) is 1. The minimum atomic E-state index is -0.799. The molecule has 0 saturated carbocycles. The van der Waals surface area contributed by atoms with Crippen LogP contribution >= 0.6 is 34.3 Å². The summed E-state index contributed by atoms with van der Waals surface area (Å²) in [4.78, 5) is 33.2. The molecule has 0 spiro atoms. The van der Waals surface area contributed by atoms with E-state index in [1.165, 1.54) is 27.6 Å². The van der Waals surface area contributed by atoms with Crippen molar-refractivity contribution in [3.05, 3.63) is 80.5 Å². The largest absolute Gasteiger partial charge is 0.507 e. The standard InChI is InChI=1S/C24H17ClN2O4S2/c1-12-9-15-18(11-16(12)31-2)33-24(26-15)27-20(17-7-4-8-32-17)19(22(29)23(27)30)21(28)13-5-3-6-14(25)10-13/h3-11,20,28H,1-2H3/b21-19+. The minimum Gasteiger partial charge on any atom is -0.507 e. The number of hydrogen-bond acceptors (Lipinski definition) is 7. The molecular weight excluding hydrogens is 480 g/mol. The van der Waals surface area contributed by atoms with E-state index in [2.05, 4.69) is 4.98 Å². The van der Waals surface area contributed by atoms with E-state index < -0.39 is 17.7 Å². The highest BCUT2D eigenvalue weighted by Crippen LogP contribution is 2.46. The molecule has 1 unspecified atom stereocenters. The van der Waals surface area contributed by atoms with E-state index in [0.29, 0.717) is 21.2 Å². The molecule has 9 heteroatoms. The van der Waals surface area contributed by atoms with Crippen LogP contribution in [0.25, 0.3) is 16.0 Å². The number of anilines is 1. The molecule has 1 fully saturated rings. The fourth-order valence-electron chi connectivity index (χ4n) is 3.91. The fourth-order valence-corrected chi connectivity index (χ4v) is 5.92. The summed E-state index contributed by atoms with van der Waals surface area (Å²) >= 11 is 8.78. The zero-order valence-corrected chi connectivity index (χ0v) is 19.9. The summed E-state index contributed by atoms with van der Waals surface area (Å²) in [5.74, 6) is -1.05. The van der Waals surface area contributed by atoms with Crippen LogP contribution in [0.15, 0.2) is 59.5 Å². The third-order valence-electron chi connectivity index (χ3n) is 5.46. The Bertz CT molecular complexity index is 1440. The van der Waals surface area contributed by atoms with Crippen molar-refractivity contribution in [3.8, 4) is 5.75 Å². The van der Waals surface area contributed by atoms with Crippen LogP contribution in [0.1, 0.15) is 22.0 Å². The van der Waals surface area contributed by atoms with Gasteiger partial charge in [-0.1, -0.05) is 41.1 Å². The topological polar surface area (TPSA) is 79.7 Å². The van der Waals surface area contributed by atoms with Crippen LogP contribution < -0.4 is 9.64 Å². The van der Waals surface area contributed by atoms with Crippen molar-refractivity contribution < 1.29 is 19.4 Å². The number of carbonyl (C=O) groups excluding carboxylic acids is 2. The van der Waals surface area contributed by atoms with Crippen LogP contribution in [0.2, 0.25) is 5.02 Å². The average molecular weight is 497 g/mol. The van der Waals surface area contributed by atoms with Gasteiger partial charge in [-0.15, -0.1) is 11.3 Å². The Kier molecular flexibility index (Phi) is 5.44. The van der Waals surface area contributed by atoms with Gasteiger partial charge < -0.3 is 9.84 Å². The number of thiophene rings is 1. The third kappa shape index (κ3) is 3.60. The molecule has 0 aliphatic carbocycles. The van der Waals surface area contributed by atoms with E-state index in [4.69, 9.17) is 16.3 Å². The summed E-state index contributed by atoms with van der Waals surface area (Å²) in [5.41, 5.74) is 2.00. The van der Waals surface area contributed by atoms with Crippen LogP contribution in [0.4, 0.5) is 5.13 Å². The quantitative estimate of drug-likeness (QED) is 0.214. The van der Waals surface area contributed by atoms with Crippen LogP contribution in [-0.2, 0) is 9.59 Å². The van der Waals surface area contributed by atoms with Crippen molar-refractivity contribution in [1.82, 2.24) is 4.98 Å². The van der Waals surface area contributed by atoms with Gasteiger partial charge in [-0.05, 0) is 48.2 Å². The first kappa shape index (κ1) is 21.6. The SMILES string of the molecule is COc1cc2sc(N3C(=O)C(=O)/C(=C(/O)c4cccc(Cl)c4)C3c3cccs3)nc2cc1C. The average Bonchev–Trinajstić information content (AvgIpc) is 3.51. The second-order valence-electron chi connectivity index (χ2n) is 7.48. The Balaban J connectivity index is 1.71. The highest BCUT2D eigenvalue weighted by molar-refractivity contribution is 7.22. The van der Waals surface area contributed by atoms with Gasteiger partial charge in [-0.3, -0.25) is 14.5 Å². The number of aliphatic hydroxyl groups excluding tert-OH is 1. The number of amides is 1. The molecule has 166 valence electrons.